The molecule has 0 unspecified atom stereocenters. The Morgan fingerprint density at radius 2 is 1.81 bits per heavy atom. The van der Waals surface area contributed by atoms with Crippen molar-refractivity contribution in [1.82, 2.24) is 9.55 Å². The SMILES string of the molecule is O=c1[nH]c(Cl)c(C2CCCC2)c(=O)n1CC1(C2CC2)CC1. The van der Waals surface area contributed by atoms with Crippen LogP contribution in [0.1, 0.15) is 62.8 Å². The van der Waals surface area contributed by atoms with Crippen molar-refractivity contribution >= 4 is 11.6 Å². The number of halogens is 1. The summed E-state index contributed by atoms with van der Waals surface area (Å²) in [7, 11) is 0. The maximum Gasteiger partial charge on any atom is 0.329 e. The van der Waals surface area contributed by atoms with Gasteiger partial charge in [0.05, 0.1) is 5.56 Å². The maximum absolute atomic E-state index is 12.8. The number of H-pyrrole nitrogens is 1. The van der Waals surface area contributed by atoms with Gasteiger partial charge in [-0.05, 0) is 55.8 Å². The van der Waals surface area contributed by atoms with Crippen LogP contribution in [0.25, 0.3) is 0 Å². The van der Waals surface area contributed by atoms with Crippen LogP contribution in [-0.4, -0.2) is 9.55 Å². The van der Waals surface area contributed by atoms with Gasteiger partial charge < -0.3 is 0 Å². The second-order valence-corrected chi connectivity index (χ2v) is 7.55. The fraction of sp³-hybridized carbons (Fsp3) is 0.750. The van der Waals surface area contributed by atoms with Gasteiger partial charge in [0.15, 0.2) is 0 Å². The van der Waals surface area contributed by atoms with Crippen LogP contribution in [0.4, 0.5) is 0 Å². The number of hydrogen-bond donors (Lipinski definition) is 1. The van der Waals surface area contributed by atoms with Crippen LogP contribution in [0, 0.1) is 11.3 Å². The molecule has 0 atom stereocenters. The first-order valence-electron chi connectivity index (χ1n) is 8.13. The molecule has 1 aromatic heterocycles. The van der Waals surface area contributed by atoms with Crippen LogP contribution in [0.5, 0.6) is 0 Å². The van der Waals surface area contributed by atoms with Gasteiger partial charge in [0.2, 0.25) is 0 Å². The molecule has 0 amide bonds. The molecule has 3 saturated carbocycles. The van der Waals surface area contributed by atoms with Crippen molar-refractivity contribution in [3.63, 3.8) is 0 Å². The average molecular weight is 309 g/mol. The highest BCUT2D eigenvalue weighted by Gasteiger charge is 2.54. The number of aromatic amines is 1. The van der Waals surface area contributed by atoms with Gasteiger partial charge in [0.1, 0.15) is 5.15 Å². The molecule has 5 heteroatoms. The van der Waals surface area contributed by atoms with E-state index in [2.05, 4.69) is 4.98 Å². The van der Waals surface area contributed by atoms with E-state index in [1.54, 1.807) is 0 Å². The first-order chi connectivity index (χ1) is 10.1. The normalized spacial score (nSPS) is 24.4. The van der Waals surface area contributed by atoms with E-state index in [1.807, 2.05) is 0 Å². The van der Waals surface area contributed by atoms with Gasteiger partial charge in [-0.1, -0.05) is 24.4 Å². The van der Waals surface area contributed by atoms with E-state index in [9.17, 15) is 9.59 Å². The standard InChI is InChI=1S/C16H21ClN2O2/c17-13-12(10-3-1-2-4-10)14(20)19(15(21)18-13)9-16(7-8-16)11-5-6-11/h10-11H,1-9H2,(H,18,21). The van der Waals surface area contributed by atoms with E-state index in [-0.39, 0.29) is 27.7 Å². The Labute approximate surface area is 128 Å². The zero-order chi connectivity index (χ0) is 14.6. The third-order valence-corrected chi connectivity index (χ3v) is 6.04. The van der Waals surface area contributed by atoms with Crippen molar-refractivity contribution in [2.45, 2.75) is 63.8 Å². The minimum atomic E-state index is -0.335. The van der Waals surface area contributed by atoms with Crippen molar-refractivity contribution < 1.29 is 0 Å². The largest absolute Gasteiger partial charge is 0.329 e. The summed E-state index contributed by atoms with van der Waals surface area (Å²) in [6, 6.07) is 0. The topological polar surface area (TPSA) is 54.9 Å². The summed E-state index contributed by atoms with van der Waals surface area (Å²) in [6.07, 6.45) is 9.14. The van der Waals surface area contributed by atoms with Crippen LogP contribution >= 0.6 is 11.6 Å². The number of nitrogens with zero attached hydrogens (tertiary/aromatic N) is 1. The lowest BCUT2D eigenvalue weighted by Gasteiger charge is -2.18. The average Bonchev–Trinajstić information content (AvgIpc) is 3.35. The summed E-state index contributed by atoms with van der Waals surface area (Å²) in [5, 5.41) is 0.268. The molecule has 0 saturated heterocycles. The summed E-state index contributed by atoms with van der Waals surface area (Å²) in [5.41, 5.74) is 0.416. The van der Waals surface area contributed by atoms with Gasteiger partial charge in [-0.25, -0.2) is 4.79 Å². The Balaban J connectivity index is 1.74. The van der Waals surface area contributed by atoms with E-state index >= 15 is 0 Å². The Morgan fingerprint density at radius 1 is 1.14 bits per heavy atom. The Kier molecular flexibility index (Phi) is 3.07. The summed E-state index contributed by atoms with van der Waals surface area (Å²) >= 11 is 6.18. The molecule has 114 valence electrons. The lowest BCUT2D eigenvalue weighted by Crippen LogP contribution is -2.40. The van der Waals surface area contributed by atoms with Crippen LogP contribution in [0.2, 0.25) is 5.15 Å². The number of hydrogen-bond acceptors (Lipinski definition) is 2. The first-order valence-corrected chi connectivity index (χ1v) is 8.51. The molecule has 1 N–H and O–H groups in total. The van der Waals surface area contributed by atoms with E-state index < -0.39 is 0 Å². The zero-order valence-electron chi connectivity index (χ0n) is 12.2. The van der Waals surface area contributed by atoms with Crippen molar-refractivity contribution in [2.75, 3.05) is 0 Å². The van der Waals surface area contributed by atoms with Gasteiger partial charge >= 0.3 is 5.69 Å². The Bertz CT molecular complexity index is 676. The summed E-state index contributed by atoms with van der Waals surface area (Å²) < 4.78 is 1.44. The first kappa shape index (κ1) is 13.6. The van der Waals surface area contributed by atoms with E-state index in [4.69, 9.17) is 11.6 Å². The summed E-state index contributed by atoms with van der Waals surface area (Å²) in [4.78, 5) is 27.7. The predicted molar refractivity (Wildman–Crippen MR) is 81.9 cm³/mol. The second kappa shape index (κ2) is 4.73. The Morgan fingerprint density at radius 3 is 2.38 bits per heavy atom. The Hall–Kier alpha value is -1.03. The molecule has 21 heavy (non-hydrogen) atoms. The lowest BCUT2D eigenvalue weighted by atomic mass is 9.99. The van der Waals surface area contributed by atoms with Crippen molar-refractivity contribution in [3.8, 4) is 0 Å². The molecule has 1 heterocycles. The van der Waals surface area contributed by atoms with E-state index in [0.29, 0.717) is 12.1 Å². The molecule has 0 spiro atoms. The van der Waals surface area contributed by atoms with Crippen LogP contribution in [-0.2, 0) is 6.54 Å². The monoisotopic (exact) mass is 308 g/mol. The van der Waals surface area contributed by atoms with E-state index in [1.165, 1.54) is 17.4 Å². The summed E-state index contributed by atoms with van der Waals surface area (Å²) in [6.45, 7) is 0.586. The number of rotatable bonds is 4. The molecule has 0 radical (unpaired) electrons. The third-order valence-electron chi connectivity index (χ3n) is 5.75. The van der Waals surface area contributed by atoms with Gasteiger partial charge in [-0.3, -0.25) is 14.3 Å². The quantitative estimate of drug-likeness (QED) is 0.869. The predicted octanol–water partition coefficient (Wildman–Crippen LogP) is 3.04. The van der Waals surface area contributed by atoms with Gasteiger partial charge in [0.25, 0.3) is 5.56 Å². The summed E-state index contributed by atoms with van der Waals surface area (Å²) in [5.74, 6) is 0.957. The highest BCUT2D eigenvalue weighted by molar-refractivity contribution is 6.30. The van der Waals surface area contributed by atoms with E-state index in [0.717, 1.165) is 44.4 Å². The fourth-order valence-electron chi connectivity index (χ4n) is 4.14. The van der Waals surface area contributed by atoms with Crippen molar-refractivity contribution in [3.05, 3.63) is 31.6 Å². The van der Waals surface area contributed by atoms with Crippen LogP contribution in [0.3, 0.4) is 0 Å². The van der Waals surface area contributed by atoms with Gasteiger partial charge in [-0.15, -0.1) is 0 Å². The fourth-order valence-corrected chi connectivity index (χ4v) is 4.45. The third kappa shape index (κ3) is 2.28. The second-order valence-electron chi connectivity index (χ2n) is 7.17. The minimum Gasteiger partial charge on any atom is -0.297 e. The molecular weight excluding hydrogens is 288 g/mol. The van der Waals surface area contributed by atoms with Crippen molar-refractivity contribution in [1.29, 1.82) is 0 Å². The molecular formula is C16H21ClN2O2. The molecule has 4 nitrogen and oxygen atoms in total. The van der Waals surface area contributed by atoms with Gasteiger partial charge in [0, 0.05) is 6.54 Å². The zero-order valence-corrected chi connectivity index (χ0v) is 12.9. The molecule has 3 fully saturated rings. The minimum absolute atomic E-state index is 0.137. The molecule has 3 aliphatic carbocycles. The molecule has 1 aromatic rings. The lowest BCUT2D eigenvalue weighted by molar-refractivity contribution is 0.354. The molecule has 3 aliphatic rings. The molecule has 0 aromatic carbocycles. The highest BCUT2D eigenvalue weighted by atomic mass is 35.5. The smallest absolute Gasteiger partial charge is 0.297 e. The number of aromatic nitrogens is 2. The maximum atomic E-state index is 12.8. The van der Waals surface area contributed by atoms with Crippen molar-refractivity contribution in [2.24, 2.45) is 11.3 Å². The van der Waals surface area contributed by atoms with Crippen LogP contribution in [0.15, 0.2) is 9.59 Å². The number of nitrogens with one attached hydrogen (secondary N) is 1. The van der Waals surface area contributed by atoms with Gasteiger partial charge in [-0.2, -0.15) is 0 Å². The molecule has 0 aliphatic heterocycles. The van der Waals surface area contributed by atoms with Crippen LogP contribution < -0.4 is 11.2 Å². The highest BCUT2D eigenvalue weighted by Crippen LogP contribution is 2.61. The molecule has 0 bridgehead atoms. The molecule has 4 rings (SSSR count).